The minimum absolute atomic E-state index is 0.0424. The van der Waals surface area contributed by atoms with E-state index in [1.54, 1.807) is 6.92 Å². The van der Waals surface area contributed by atoms with Crippen molar-refractivity contribution < 1.29 is 19.1 Å². The van der Waals surface area contributed by atoms with Gasteiger partial charge in [-0.05, 0) is 17.5 Å². The van der Waals surface area contributed by atoms with Gasteiger partial charge in [0.05, 0.1) is 13.0 Å². The maximum absolute atomic E-state index is 13.1. The Bertz CT molecular complexity index is 719. The van der Waals surface area contributed by atoms with Gasteiger partial charge in [-0.15, -0.1) is 0 Å². The maximum Gasteiger partial charge on any atom is 0.328 e. The number of esters is 1. The minimum Gasteiger partial charge on any atom is -0.467 e. The first kappa shape index (κ1) is 20.4. The van der Waals surface area contributed by atoms with Crippen LogP contribution in [0.3, 0.4) is 0 Å². The number of hydrogen-bond acceptors (Lipinski definition) is 4. The lowest BCUT2D eigenvalue weighted by Gasteiger charge is -2.22. The van der Waals surface area contributed by atoms with Gasteiger partial charge in [0.1, 0.15) is 11.8 Å². The van der Waals surface area contributed by atoms with Gasteiger partial charge in [-0.2, -0.15) is 0 Å². The van der Waals surface area contributed by atoms with E-state index in [4.69, 9.17) is 4.74 Å². The molecule has 0 saturated heterocycles. The molecule has 1 N–H and O–H groups in total. The summed E-state index contributed by atoms with van der Waals surface area (Å²) in [6, 6.07) is 17.9. The van der Waals surface area contributed by atoms with Crippen LogP contribution in [0.25, 0.3) is 0 Å². The Morgan fingerprint density at radius 2 is 1.44 bits per heavy atom. The molecule has 5 heteroatoms. The Balaban J connectivity index is 2.25. The molecule has 2 rings (SSSR count). The molecule has 142 valence electrons. The number of carbonyl (C=O) groups excluding carboxylic acids is 3. The summed E-state index contributed by atoms with van der Waals surface area (Å²) >= 11 is 0. The number of ether oxygens (including phenoxy) is 1. The first-order valence-electron chi connectivity index (χ1n) is 9.06. The molecular weight excluding hydrogens is 342 g/mol. The fourth-order valence-corrected chi connectivity index (χ4v) is 2.91. The fraction of sp³-hybridized carbons (Fsp3) is 0.318. The molecule has 27 heavy (non-hydrogen) atoms. The largest absolute Gasteiger partial charge is 0.467 e. The van der Waals surface area contributed by atoms with Gasteiger partial charge in [-0.3, -0.25) is 9.59 Å². The fourth-order valence-electron chi connectivity index (χ4n) is 2.91. The van der Waals surface area contributed by atoms with Crippen molar-refractivity contribution in [3.8, 4) is 0 Å². The number of rotatable bonds is 9. The second-order valence-electron chi connectivity index (χ2n) is 6.27. The summed E-state index contributed by atoms with van der Waals surface area (Å²) in [4.78, 5) is 36.8. The van der Waals surface area contributed by atoms with Crippen LogP contribution in [-0.2, 0) is 19.1 Å². The summed E-state index contributed by atoms with van der Waals surface area (Å²) in [5.74, 6) is -1.36. The number of amides is 1. The van der Waals surface area contributed by atoms with Crippen molar-refractivity contribution in [2.45, 2.75) is 38.1 Å². The van der Waals surface area contributed by atoms with Crippen molar-refractivity contribution >= 4 is 17.7 Å². The van der Waals surface area contributed by atoms with Crippen LogP contribution < -0.4 is 5.32 Å². The van der Waals surface area contributed by atoms with E-state index in [1.807, 2.05) is 60.7 Å². The lowest BCUT2D eigenvalue weighted by atomic mass is 9.90. The molecule has 0 bridgehead atoms. The predicted octanol–water partition coefficient (Wildman–Crippen LogP) is 3.24. The summed E-state index contributed by atoms with van der Waals surface area (Å²) in [7, 11) is 1.27. The van der Waals surface area contributed by atoms with Crippen LogP contribution in [-0.4, -0.2) is 30.8 Å². The van der Waals surface area contributed by atoms with Gasteiger partial charge < -0.3 is 10.1 Å². The zero-order chi connectivity index (χ0) is 19.6. The zero-order valence-corrected chi connectivity index (χ0v) is 15.7. The summed E-state index contributed by atoms with van der Waals surface area (Å²) in [5, 5.41) is 2.78. The van der Waals surface area contributed by atoms with Crippen LogP contribution in [0.15, 0.2) is 60.7 Å². The number of methoxy groups -OCH3 is 1. The third kappa shape index (κ3) is 5.78. The van der Waals surface area contributed by atoms with Crippen molar-refractivity contribution in [1.82, 2.24) is 5.32 Å². The molecule has 0 unspecified atom stereocenters. The second-order valence-corrected chi connectivity index (χ2v) is 6.27. The maximum atomic E-state index is 13.1. The number of hydrogen-bond donors (Lipinski definition) is 1. The van der Waals surface area contributed by atoms with Crippen LogP contribution in [0.1, 0.15) is 43.2 Å². The molecule has 2 aromatic carbocycles. The first-order chi connectivity index (χ1) is 13.1. The monoisotopic (exact) mass is 367 g/mol. The number of benzene rings is 2. The summed E-state index contributed by atoms with van der Waals surface area (Å²) in [5.41, 5.74) is 1.66. The van der Waals surface area contributed by atoms with E-state index < -0.39 is 17.9 Å². The Morgan fingerprint density at radius 3 is 1.89 bits per heavy atom. The number of ketones is 1. The molecule has 0 aromatic heterocycles. The normalized spacial score (nSPS) is 11.7. The van der Waals surface area contributed by atoms with Crippen molar-refractivity contribution in [3.63, 3.8) is 0 Å². The lowest BCUT2D eigenvalue weighted by Crippen LogP contribution is -2.44. The van der Waals surface area contributed by atoms with E-state index in [0.29, 0.717) is 6.42 Å². The molecule has 1 atom stereocenters. The van der Waals surface area contributed by atoms with E-state index in [1.165, 1.54) is 7.11 Å². The molecule has 1 amide bonds. The van der Waals surface area contributed by atoms with Gasteiger partial charge in [0.15, 0.2) is 0 Å². The molecule has 2 aromatic rings. The van der Waals surface area contributed by atoms with E-state index >= 15 is 0 Å². The standard InChI is InChI=1S/C22H25NO4/c1-3-18(24)14-15-19(22(26)27-2)23-21(25)20(16-10-6-4-7-11-16)17-12-8-5-9-13-17/h4-13,19-20H,3,14-15H2,1-2H3,(H,23,25)/t19-/m0/s1. The highest BCUT2D eigenvalue weighted by molar-refractivity contribution is 5.91. The van der Waals surface area contributed by atoms with Crippen molar-refractivity contribution in [2.24, 2.45) is 0 Å². The molecule has 0 spiro atoms. The molecule has 0 saturated carbocycles. The van der Waals surface area contributed by atoms with Gasteiger partial charge in [-0.1, -0.05) is 67.6 Å². The van der Waals surface area contributed by atoms with Crippen LogP contribution in [0.2, 0.25) is 0 Å². The van der Waals surface area contributed by atoms with Crippen molar-refractivity contribution in [3.05, 3.63) is 71.8 Å². The molecular formula is C22H25NO4. The lowest BCUT2D eigenvalue weighted by molar-refractivity contribution is -0.145. The van der Waals surface area contributed by atoms with Gasteiger partial charge in [0, 0.05) is 12.8 Å². The quantitative estimate of drug-likeness (QED) is 0.691. The first-order valence-corrected chi connectivity index (χ1v) is 9.06. The van der Waals surface area contributed by atoms with Gasteiger partial charge in [0.2, 0.25) is 5.91 Å². The van der Waals surface area contributed by atoms with Gasteiger partial charge in [0.25, 0.3) is 0 Å². The Morgan fingerprint density at radius 1 is 0.926 bits per heavy atom. The molecule has 0 aliphatic heterocycles. The highest BCUT2D eigenvalue weighted by Crippen LogP contribution is 2.25. The molecule has 0 radical (unpaired) electrons. The second kappa shape index (κ2) is 10.3. The van der Waals surface area contributed by atoms with Crippen LogP contribution in [0.4, 0.5) is 0 Å². The number of Topliss-reactive ketones (excluding diaryl/α,β-unsaturated/α-hetero) is 1. The van der Waals surface area contributed by atoms with Gasteiger partial charge in [-0.25, -0.2) is 4.79 Å². The highest BCUT2D eigenvalue weighted by Gasteiger charge is 2.28. The van der Waals surface area contributed by atoms with Crippen LogP contribution >= 0.6 is 0 Å². The van der Waals surface area contributed by atoms with E-state index in [0.717, 1.165) is 11.1 Å². The minimum atomic E-state index is -0.854. The van der Waals surface area contributed by atoms with Crippen molar-refractivity contribution in [1.29, 1.82) is 0 Å². The Kier molecular flexibility index (Phi) is 7.74. The average Bonchev–Trinajstić information content (AvgIpc) is 2.72. The molecule has 0 aliphatic carbocycles. The third-order valence-electron chi connectivity index (χ3n) is 4.44. The molecule has 0 heterocycles. The molecule has 0 fully saturated rings. The SMILES string of the molecule is CCC(=O)CC[C@H](NC(=O)C(c1ccccc1)c1ccccc1)C(=O)OC. The number of carbonyl (C=O) groups is 3. The number of nitrogens with one attached hydrogen (secondary N) is 1. The topological polar surface area (TPSA) is 72.5 Å². The van der Waals surface area contributed by atoms with Crippen molar-refractivity contribution in [2.75, 3.05) is 7.11 Å². The smallest absolute Gasteiger partial charge is 0.328 e. The van der Waals surface area contributed by atoms with Gasteiger partial charge >= 0.3 is 5.97 Å². The van der Waals surface area contributed by atoms with Crippen LogP contribution in [0, 0.1) is 0 Å². The Labute approximate surface area is 159 Å². The Hall–Kier alpha value is -2.95. The van der Waals surface area contributed by atoms with E-state index in [9.17, 15) is 14.4 Å². The van der Waals surface area contributed by atoms with E-state index in [-0.39, 0.29) is 24.5 Å². The average molecular weight is 367 g/mol. The third-order valence-corrected chi connectivity index (χ3v) is 4.44. The predicted molar refractivity (Wildman–Crippen MR) is 103 cm³/mol. The summed E-state index contributed by atoms with van der Waals surface area (Å²) in [6.07, 6.45) is 0.845. The highest BCUT2D eigenvalue weighted by atomic mass is 16.5. The summed E-state index contributed by atoms with van der Waals surface area (Å²) in [6.45, 7) is 1.77. The van der Waals surface area contributed by atoms with Crippen LogP contribution in [0.5, 0.6) is 0 Å². The molecule has 0 aliphatic rings. The zero-order valence-electron chi connectivity index (χ0n) is 15.7. The molecule has 5 nitrogen and oxygen atoms in total. The summed E-state index contributed by atoms with van der Waals surface area (Å²) < 4.78 is 4.81. The van der Waals surface area contributed by atoms with E-state index in [2.05, 4.69) is 5.32 Å².